The lowest BCUT2D eigenvalue weighted by atomic mass is 10.1. The van der Waals surface area contributed by atoms with Crippen LogP contribution in [0.4, 0.5) is 5.69 Å². The van der Waals surface area contributed by atoms with Gasteiger partial charge in [0.25, 0.3) is 0 Å². The summed E-state index contributed by atoms with van der Waals surface area (Å²) in [7, 11) is 1.60. The van der Waals surface area contributed by atoms with E-state index in [0.717, 1.165) is 11.3 Å². The summed E-state index contributed by atoms with van der Waals surface area (Å²) in [6, 6.07) is 12.5. The van der Waals surface area contributed by atoms with E-state index in [1.165, 1.54) is 0 Å². The Bertz CT molecular complexity index is 806. The molecule has 2 amide bonds. The molecule has 0 spiro atoms. The summed E-state index contributed by atoms with van der Waals surface area (Å²) in [6.07, 6.45) is 0.563. The Balaban J connectivity index is 1.51. The fraction of sp³-hybridized carbons (Fsp3) is 0.263. The first-order valence-corrected chi connectivity index (χ1v) is 8.28. The van der Waals surface area contributed by atoms with Gasteiger partial charge in [0.05, 0.1) is 7.11 Å². The van der Waals surface area contributed by atoms with E-state index in [2.05, 4.69) is 10.6 Å². The van der Waals surface area contributed by atoms with Gasteiger partial charge in [-0.15, -0.1) is 0 Å². The van der Waals surface area contributed by atoms with Crippen molar-refractivity contribution in [3.8, 4) is 17.2 Å². The van der Waals surface area contributed by atoms with Crippen LogP contribution in [0.2, 0.25) is 0 Å². The number of nitrogens with one attached hydrogen (secondary N) is 2. The number of amides is 2. The molecule has 0 aromatic heterocycles. The van der Waals surface area contributed by atoms with E-state index < -0.39 is 11.8 Å². The zero-order valence-corrected chi connectivity index (χ0v) is 14.4. The van der Waals surface area contributed by atoms with Gasteiger partial charge in [-0.1, -0.05) is 18.2 Å². The second kappa shape index (κ2) is 8.24. The van der Waals surface area contributed by atoms with Gasteiger partial charge in [-0.25, -0.2) is 0 Å². The zero-order valence-electron chi connectivity index (χ0n) is 14.4. The number of anilines is 1. The van der Waals surface area contributed by atoms with Gasteiger partial charge < -0.3 is 24.8 Å². The highest BCUT2D eigenvalue weighted by Gasteiger charge is 2.16. The maximum absolute atomic E-state index is 12.0. The Hall–Kier alpha value is -3.22. The molecular formula is C19H20N2O5. The lowest BCUT2D eigenvalue weighted by Crippen LogP contribution is -2.36. The summed E-state index contributed by atoms with van der Waals surface area (Å²) in [5.41, 5.74) is 1.43. The van der Waals surface area contributed by atoms with E-state index in [-0.39, 0.29) is 0 Å². The molecule has 7 nitrogen and oxygen atoms in total. The normalized spacial score (nSPS) is 12.2. The average molecular weight is 356 g/mol. The predicted molar refractivity (Wildman–Crippen MR) is 95.8 cm³/mol. The molecule has 2 aromatic carbocycles. The number of ether oxygens (including phenoxy) is 3. The maximum Gasteiger partial charge on any atom is 0.313 e. The monoisotopic (exact) mass is 356 g/mol. The fourth-order valence-corrected chi connectivity index (χ4v) is 2.61. The first kappa shape index (κ1) is 17.6. The van der Waals surface area contributed by atoms with Crippen molar-refractivity contribution in [2.45, 2.75) is 6.42 Å². The maximum atomic E-state index is 12.0. The highest BCUT2D eigenvalue weighted by molar-refractivity contribution is 6.39. The van der Waals surface area contributed by atoms with Crippen LogP contribution in [-0.4, -0.2) is 38.7 Å². The van der Waals surface area contributed by atoms with Gasteiger partial charge in [-0.2, -0.15) is 0 Å². The van der Waals surface area contributed by atoms with Crippen LogP contribution in [0.3, 0.4) is 0 Å². The number of hydrogen-bond donors (Lipinski definition) is 2. The molecule has 2 N–H and O–H groups in total. The van der Waals surface area contributed by atoms with Gasteiger partial charge in [0.2, 0.25) is 0 Å². The molecule has 0 fully saturated rings. The number of carbonyl (C=O) groups excluding carboxylic acids is 2. The smallest absolute Gasteiger partial charge is 0.313 e. The summed E-state index contributed by atoms with van der Waals surface area (Å²) < 4.78 is 16.1. The Morgan fingerprint density at radius 1 is 1.04 bits per heavy atom. The minimum absolute atomic E-state index is 0.327. The molecule has 0 atom stereocenters. The van der Waals surface area contributed by atoms with Crippen molar-refractivity contribution in [1.82, 2.24) is 5.32 Å². The summed E-state index contributed by atoms with van der Waals surface area (Å²) in [5, 5.41) is 5.15. The molecule has 0 saturated heterocycles. The minimum Gasteiger partial charge on any atom is -0.496 e. The molecule has 0 bridgehead atoms. The van der Waals surface area contributed by atoms with Gasteiger partial charge in [0.15, 0.2) is 11.5 Å². The predicted octanol–water partition coefficient (Wildman–Crippen LogP) is 1.76. The van der Waals surface area contributed by atoms with Crippen molar-refractivity contribution < 1.29 is 23.8 Å². The van der Waals surface area contributed by atoms with Gasteiger partial charge in [-0.05, 0) is 30.2 Å². The molecule has 136 valence electrons. The largest absolute Gasteiger partial charge is 0.496 e. The highest BCUT2D eigenvalue weighted by atomic mass is 16.6. The SMILES string of the molecule is COc1ccccc1CCNC(=O)C(=O)Nc1ccc2c(c1)OCCO2. The van der Waals surface area contributed by atoms with E-state index in [0.29, 0.717) is 43.4 Å². The number of carbonyl (C=O) groups is 2. The number of benzene rings is 2. The minimum atomic E-state index is -0.735. The lowest BCUT2D eigenvalue weighted by Gasteiger charge is -2.18. The molecule has 7 heteroatoms. The number of methoxy groups -OCH3 is 1. The van der Waals surface area contributed by atoms with Crippen LogP contribution in [0.1, 0.15) is 5.56 Å². The van der Waals surface area contributed by atoms with Crippen molar-refractivity contribution in [3.63, 3.8) is 0 Å². The molecule has 0 aliphatic carbocycles. The average Bonchev–Trinajstić information content (AvgIpc) is 2.68. The molecule has 26 heavy (non-hydrogen) atoms. The number of fused-ring (bicyclic) bond motifs is 1. The van der Waals surface area contributed by atoms with Crippen LogP contribution in [0.15, 0.2) is 42.5 Å². The Morgan fingerprint density at radius 3 is 2.62 bits per heavy atom. The van der Waals surface area contributed by atoms with E-state index in [1.54, 1.807) is 25.3 Å². The van der Waals surface area contributed by atoms with Crippen molar-refractivity contribution in [1.29, 1.82) is 0 Å². The molecule has 1 heterocycles. The van der Waals surface area contributed by atoms with Gasteiger partial charge in [0, 0.05) is 18.3 Å². The van der Waals surface area contributed by atoms with Gasteiger partial charge in [0.1, 0.15) is 19.0 Å². The van der Waals surface area contributed by atoms with Crippen LogP contribution < -0.4 is 24.8 Å². The number of para-hydroxylation sites is 1. The second-order valence-electron chi connectivity index (χ2n) is 5.63. The molecule has 0 radical (unpaired) electrons. The Labute approximate surface area is 151 Å². The quantitative estimate of drug-likeness (QED) is 0.798. The van der Waals surface area contributed by atoms with E-state index in [9.17, 15) is 9.59 Å². The van der Waals surface area contributed by atoms with Crippen LogP contribution >= 0.6 is 0 Å². The lowest BCUT2D eigenvalue weighted by molar-refractivity contribution is -0.136. The number of rotatable bonds is 5. The summed E-state index contributed by atoms with van der Waals surface area (Å²) in [4.78, 5) is 24.0. The third-order valence-electron chi connectivity index (χ3n) is 3.88. The van der Waals surface area contributed by atoms with E-state index in [1.807, 2.05) is 24.3 Å². The molecule has 0 saturated carbocycles. The standard InChI is InChI=1S/C19H20N2O5/c1-24-15-5-3-2-4-13(15)8-9-20-18(22)19(23)21-14-6-7-16-17(12-14)26-11-10-25-16/h2-7,12H,8-11H2,1H3,(H,20,22)(H,21,23). The van der Waals surface area contributed by atoms with Crippen LogP contribution in [0.5, 0.6) is 17.2 Å². The molecule has 3 rings (SSSR count). The highest BCUT2D eigenvalue weighted by Crippen LogP contribution is 2.32. The van der Waals surface area contributed by atoms with E-state index >= 15 is 0 Å². The molecular weight excluding hydrogens is 336 g/mol. The topological polar surface area (TPSA) is 85.9 Å². The van der Waals surface area contributed by atoms with Gasteiger partial charge >= 0.3 is 11.8 Å². The second-order valence-corrected chi connectivity index (χ2v) is 5.63. The summed E-state index contributed by atoms with van der Waals surface area (Å²) in [6.45, 7) is 1.27. The molecule has 1 aliphatic heterocycles. The summed E-state index contributed by atoms with van der Waals surface area (Å²) >= 11 is 0. The molecule has 1 aliphatic rings. The van der Waals surface area contributed by atoms with Crippen molar-refractivity contribution >= 4 is 17.5 Å². The van der Waals surface area contributed by atoms with Crippen molar-refractivity contribution in [3.05, 3.63) is 48.0 Å². The molecule has 0 unspecified atom stereocenters. The Morgan fingerprint density at radius 2 is 1.81 bits per heavy atom. The fourth-order valence-electron chi connectivity index (χ4n) is 2.61. The van der Waals surface area contributed by atoms with Crippen LogP contribution in [0, 0.1) is 0 Å². The van der Waals surface area contributed by atoms with Crippen LogP contribution in [0.25, 0.3) is 0 Å². The number of hydrogen-bond acceptors (Lipinski definition) is 5. The summed E-state index contributed by atoms with van der Waals surface area (Å²) in [5.74, 6) is 0.486. The molecule has 2 aromatic rings. The first-order valence-electron chi connectivity index (χ1n) is 8.28. The van der Waals surface area contributed by atoms with Crippen molar-refractivity contribution in [2.24, 2.45) is 0 Å². The van der Waals surface area contributed by atoms with Crippen molar-refractivity contribution in [2.75, 3.05) is 32.2 Å². The zero-order chi connectivity index (χ0) is 18.4. The third kappa shape index (κ3) is 4.24. The Kier molecular flexibility index (Phi) is 5.58. The first-order chi connectivity index (χ1) is 12.7. The third-order valence-corrected chi connectivity index (χ3v) is 3.88. The van der Waals surface area contributed by atoms with Crippen LogP contribution in [-0.2, 0) is 16.0 Å². The van der Waals surface area contributed by atoms with Gasteiger partial charge in [-0.3, -0.25) is 9.59 Å². The van der Waals surface area contributed by atoms with E-state index in [4.69, 9.17) is 14.2 Å².